The van der Waals surface area contributed by atoms with E-state index in [1.807, 2.05) is 48.2 Å². The fourth-order valence-corrected chi connectivity index (χ4v) is 5.36. The third-order valence-electron chi connectivity index (χ3n) is 6.01. The average molecular weight is 475 g/mol. The van der Waals surface area contributed by atoms with Crippen LogP contribution in [0, 0.1) is 11.3 Å². The van der Waals surface area contributed by atoms with Crippen LogP contribution in [-0.4, -0.2) is 35.4 Å². The highest BCUT2D eigenvalue weighted by Gasteiger charge is 2.27. The molecule has 0 saturated carbocycles. The second kappa shape index (κ2) is 10.5. The number of thiophene rings is 1. The number of amides is 2. The number of ether oxygens (including phenoxy) is 1. The van der Waals surface area contributed by atoms with Gasteiger partial charge in [-0.05, 0) is 47.2 Å². The summed E-state index contributed by atoms with van der Waals surface area (Å²) in [5.41, 5.74) is 3.35. The van der Waals surface area contributed by atoms with E-state index in [2.05, 4.69) is 16.4 Å². The summed E-state index contributed by atoms with van der Waals surface area (Å²) < 4.78 is 5.28. The number of methoxy groups -OCH3 is 1. The van der Waals surface area contributed by atoms with Gasteiger partial charge in [-0.3, -0.25) is 14.6 Å². The number of fused-ring (bicyclic) bond motifs is 1. The first kappa shape index (κ1) is 23.5. The van der Waals surface area contributed by atoms with E-state index < -0.39 is 0 Å². The van der Waals surface area contributed by atoms with E-state index in [0.717, 1.165) is 27.3 Å². The van der Waals surface area contributed by atoms with E-state index in [4.69, 9.17) is 4.74 Å². The number of rotatable bonds is 7. The monoisotopic (exact) mass is 474 g/mol. The summed E-state index contributed by atoms with van der Waals surface area (Å²) in [4.78, 5) is 32.4. The number of carbonyl (C=O) groups is 2. The zero-order valence-electron chi connectivity index (χ0n) is 19.2. The maximum Gasteiger partial charge on any atom is 0.227 e. The second-order valence-corrected chi connectivity index (χ2v) is 9.46. The predicted octanol–water partition coefficient (Wildman–Crippen LogP) is 4.28. The van der Waals surface area contributed by atoms with E-state index >= 15 is 0 Å². The fourth-order valence-electron chi connectivity index (χ4n) is 4.13. The Bertz CT molecular complexity index is 1230. The maximum atomic E-state index is 12.8. The van der Waals surface area contributed by atoms with Crippen molar-refractivity contribution in [1.82, 2.24) is 9.88 Å². The van der Waals surface area contributed by atoms with Gasteiger partial charge in [-0.25, -0.2) is 0 Å². The van der Waals surface area contributed by atoms with E-state index in [1.54, 1.807) is 19.5 Å². The molecule has 1 N–H and O–H groups in total. The largest absolute Gasteiger partial charge is 0.497 e. The zero-order chi connectivity index (χ0) is 24.1. The quantitative estimate of drug-likeness (QED) is 0.551. The molecule has 1 aromatic carbocycles. The van der Waals surface area contributed by atoms with Gasteiger partial charge in [-0.2, -0.15) is 5.26 Å². The molecule has 4 rings (SSSR count). The Morgan fingerprint density at radius 3 is 2.91 bits per heavy atom. The zero-order valence-corrected chi connectivity index (χ0v) is 20.0. The molecule has 1 aliphatic heterocycles. The Morgan fingerprint density at radius 1 is 1.32 bits per heavy atom. The predicted molar refractivity (Wildman–Crippen MR) is 131 cm³/mol. The van der Waals surface area contributed by atoms with Gasteiger partial charge in [-0.15, -0.1) is 11.3 Å². The number of anilines is 1. The van der Waals surface area contributed by atoms with Crippen molar-refractivity contribution in [3.63, 3.8) is 0 Å². The summed E-state index contributed by atoms with van der Waals surface area (Å²) >= 11 is 1.39. The highest BCUT2D eigenvalue weighted by molar-refractivity contribution is 7.16. The van der Waals surface area contributed by atoms with Gasteiger partial charge in [-0.1, -0.05) is 25.1 Å². The number of carbonyl (C=O) groups excluding carboxylic acids is 2. The minimum atomic E-state index is -0.144. The first-order valence-corrected chi connectivity index (χ1v) is 11.9. The molecule has 2 amide bonds. The normalized spacial score (nSPS) is 13.5. The number of pyridine rings is 1. The van der Waals surface area contributed by atoms with Crippen LogP contribution in [0.3, 0.4) is 0 Å². The van der Waals surface area contributed by atoms with Crippen molar-refractivity contribution in [2.45, 2.75) is 38.6 Å². The highest BCUT2D eigenvalue weighted by atomic mass is 32.1. The van der Waals surface area contributed by atoms with Crippen LogP contribution in [0.4, 0.5) is 5.00 Å². The van der Waals surface area contributed by atoms with Crippen molar-refractivity contribution in [1.29, 1.82) is 5.26 Å². The van der Waals surface area contributed by atoms with Crippen LogP contribution < -0.4 is 10.1 Å². The number of aromatic nitrogens is 1. The van der Waals surface area contributed by atoms with E-state index in [1.165, 1.54) is 11.3 Å². The smallest absolute Gasteiger partial charge is 0.227 e. The summed E-state index contributed by atoms with van der Waals surface area (Å²) in [6.07, 6.45) is 4.57. The number of nitrogens with zero attached hydrogens (tertiary/aromatic N) is 3. The van der Waals surface area contributed by atoms with Gasteiger partial charge in [0, 0.05) is 30.2 Å². The van der Waals surface area contributed by atoms with Gasteiger partial charge in [0.15, 0.2) is 0 Å². The molecule has 2 aromatic heterocycles. The lowest BCUT2D eigenvalue weighted by Gasteiger charge is -2.27. The topological polar surface area (TPSA) is 95.3 Å². The van der Waals surface area contributed by atoms with Crippen LogP contribution in [0.5, 0.6) is 5.75 Å². The molecule has 3 heterocycles. The highest BCUT2D eigenvalue weighted by Crippen LogP contribution is 2.37. The first-order chi connectivity index (χ1) is 16.5. The molecule has 0 fully saturated rings. The number of hydrogen-bond acceptors (Lipinski definition) is 6. The number of benzene rings is 1. The van der Waals surface area contributed by atoms with Gasteiger partial charge in [0.25, 0.3) is 0 Å². The molecule has 1 atom stereocenters. The number of nitrogens with one attached hydrogen (secondary N) is 1. The number of hydrogen-bond donors (Lipinski definition) is 1. The second-order valence-electron chi connectivity index (χ2n) is 8.35. The van der Waals surface area contributed by atoms with Crippen LogP contribution in [0.2, 0.25) is 0 Å². The Hall–Kier alpha value is -3.70. The molecule has 0 aliphatic carbocycles. The van der Waals surface area contributed by atoms with Crippen molar-refractivity contribution in [3.8, 4) is 11.8 Å². The van der Waals surface area contributed by atoms with Crippen LogP contribution in [-0.2, 0) is 29.0 Å². The Balaban J connectivity index is 1.43. The van der Waals surface area contributed by atoms with Crippen molar-refractivity contribution in [2.24, 2.45) is 0 Å². The molecule has 0 bridgehead atoms. The van der Waals surface area contributed by atoms with Crippen molar-refractivity contribution < 1.29 is 14.3 Å². The summed E-state index contributed by atoms with van der Waals surface area (Å²) in [7, 11) is 1.62. The van der Waals surface area contributed by atoms with Gasteiger partial charge >= 0.3 is 0 Å². The molecule has 34 heavy (non-hydrogen) atoms. The molecule has 3 aromatic rings. The Morgan fingerprint density at radius 2 is 2.18 bits per heavy atom. The minimum Gasteiger partial charge on any atom is -0.497 e. The van der Waals surface area contributed by atoms with Gasteiger partial charge in [0.05, 0.1) is 25.6 Å². The van der Waals surface area contributed by atoms with E-state index in [-0.39, 0.29) is 24.2 Å². The molecule has 1 aliphatic rings. The molecule has 8 heteroatoms. The first-order valence-electron chi connectivity index (χ1n) is 11.1. The standard InChI is InChI=1S/C26H26N4O3S/c1-17(19-6-3-7-20(13-19)33-2)11-24(31)29-26-22(14-27)21-8-10-30(16-23(21)34-26)25(32)12-18-5-4-9-28-15-18/h3-7,9,13,15,17H,8,10-12,16H2,1-2H3,(H,29,31). The number of nitriles is 1. The third-order valence-corrected chi connectivity index (χ3v) is 7.14. The lowest BCUT2D eigenvalue weighted by molar-refractivity contribution is -0.131. The fraction of sp³-hybridized carbons (Fsp3) is 0.308. The lowest BCUT2D eigenvalue weighted by Crippen LogP contribution is -2.36. The Kier molecular flexibility index (Phi) is 7.24. The van der Waals surface area contributed by atoms with Crippen LogP contribution in [0.1, 0.15) is 46.4 Å². The van der Waals surface area contributed by atoms with Crippen molar-refractivity contribution in [3.05, 3.63) is 75.9 Å². The molecule has 0 spiro atoms. The maximum absolute atomic E-state index is 12.8. The lowest BCUT2D eigenvalue weighted by atomic mass is 9.97. The van der Waals surface area contributed by atoms with Gasteiger partial charge in [0.1, 0.15) is 16.8 Å². The van der Waals surface area contributed by atoms with Crippen LogP contribution in [0.25, 0.3) is 0 Å². The average Bonchev–Trinajstić information content (AvgIpc) is 3.20. The van der Waals surface area contributed by atoms with E-state index in [9.17, 15) is 14.9 Å². The SMILES string of the molecule is COc1cccc(C(C)CC(=O)Nc2sc3c(c2C#N)CCN(C(=O)Cc2cccnc2)C3)c1. The molecule has 7 nitrogen and oxygen atoms in total. The molecule has 0 saturated heterocycles. The summed E-state index contributed by atoms with van der Waals surface area (Å²) in [5.74, 6) is 0.638. The molecular formula is C26H26N4O3S. The summed E-state index contributed by atoms with van der Waals surface area (Å²) in [5, 5.41) is 13.3. The Labute approximate surface area is 203 Å². The van der Waals surface area contributed by atoms with Crippen molar-refractivity contribution in [2.75, 3.05) is 19.0 Å². The summed E-state index contributed by atoms with van der Waals surface area (Å²) in [6, 6.07) is 13.7. The van der Waals surface area contributed by atoms with E-state index in [0.29, 0.717) is 36.5 Å². The molecule has 0 radical (unpaired) electrons. The molecule has 174 valence electrons. The third kappa shape index (κ3) is 5.26. The van der Waals surface area contributed by atoms with Crippen LogP contribution in [0.15, 0.2) is 48.8 Å². The van der Waals surface area contributed by atoms with Gasteiger partial charge in [0.2, 0.25) is 11.8 Å². The van der Waals surface area contributed by atoms with Crippen LogP contribution >= 0.6 is 11.3 Å². The minimum absolute atomic E-state index is 0.00388. The molecular weight excluding hydrogens is 448 g/mol. The summed E-state index contributed by atoms with van der Waals surface area (Å²) in [6.45, 7) is 2.99. The van der Waals surface area contributed by atoms with Gasteiger partial charge < -0.3 is 15.0 Å². The van der Waals surface area contributed by atoms with Crippen molar-refractivity contribution >= 4 is 28.2 Å². The molecule has 1 unspecified atom stereocenters.